The van der Waals surface area contributed by atoms with Crippen LogP contribution in [-0.2, 0) is 14.3 Å². The van der Waals surface area contributed by atoms with Gasteiger partial charge in [-0.05, 0) is 23.8 Å². The smallest absolute Gasteiger partial charge is 0.244 e. The summed E-state index contributed by atoms with van der Waals surface area (Å²) in [5.74, 6) is -0.532. The first-order valence-electron chi connectivity index (χ1n) is 7.46. The van der Waals surface area contributed by atoms with Crippen molar-refractivity contribution in [2.75, 3.05) is 13.7 Å². The Balaban J connectivity index is 2.04. The van der Waals surface area contributed by atoms with Crippen molar-refractivity contribution in [2.24, 2.45) is 0 Å². The molecule has 0 aliphatic carbocycles. The van der Waals surface area contributed by atoms with E-state index in [0.717, 1.165) is 0 Å². The van der Waals surface area contributed by atoms with Crippen LogP contribution in [0.15, 0.2) is 24.3 Å². The fourth-order valence-electron chi connectivity index (χ4n) is 2.44. The first-order valence-corrected chi connectivity index (χ1v) is 8.21. The Labute approximate surface area is 154 Å². The van der Waals surface area contributed by atoms with Gasteiger partial charge in [0.25, 0.3) is 0 Å². The molecule has 7 nitrogen and oxygen atoms in total. The zero-order valence-electron chi connectivity index (χ0n) is 13.3. The highest BCUT2D eigenvalue weighted by molar-refractivity contribution is 6.42. The van der Waals surface area contributed by atoms with Gasteiger partial charge in [-0.15, -0.1) is 0 Å². The third kappa shape index (κ3) is 4.92. The predicted octanol–water partition coefficient (Wildman–Crippen LogP) is 0.577. The monoisotopic (exact) mass is 391 g/mol. The number of methoxy groups -OCH3 is 1. The van der Waals surface area contributed by atoms with E-state index in [9.17, 15) is 15.0 Å². The van der Waals surface area contributed by atoms with Crippen molar-refractivity contribution >= 4 is 35.2 Å². The molecule has 1 aromatic carbocycles. The lowest BCUT2D eigenvalue weighted by Crippen LogP contribution is -2.64. The van der Waals surface area contributed by atoms with Gasteiger partial charge in [-0.3, -0.25) is 4.79 Å². The van der Waals surface area contributed by atoms with Gasteiger partial charge in [0.1, 0.15) is 24.4 Å². The summed E-state index contributed by atoms with van der Waals surface area (Å²) < 4.78 is 10.4. The van der Waals surface area contributed by atoms with E-state index < -0.39 is 43.2 Å². The van der Waals surface area contributed by atoms with Gasteiger partial charge in [-0.1, -0.05) is 29.3 Å². The van der Waals surface area contributed by atoms with Gasteiger partial charge < -0.3 is 30.1 Å². The highest BCUT2D eigenvalue weighted by atomic mass is 35.5. The SMILES string of the molecule is COC1O[C@H](CO)[C@@H](O)[C@H](O)[C@H]1NC(=O)/C=C/c1ccc(Cl)c(Cl)c1. The van der Waals surface area contributed by atoms with Gasteiger partial charge in [-0.25, -0.2) is 0 Å². The molecule has 0 spiro atoms. The van der Waals surface area contributed by atoms with Crippen molar-refractivity contribution < 1.29 is 29.6 Å². The van der Waals surface area contributed by atoms with Gasteiger partial charge in [0.2, 0.25) is 5.91 Å². The van der Waals surface area contributed by atoms with Gasteiger partial charge in [0.05, 0.1) is 16.7 Å². The lowest BCUT2D eigenvalue weighted by Gasteiger charge is -2.41. The molecule has 1 fully saturated rings. The number of ether oxygens (including phenoxy) is 2. The zero-order chi connectivity index (χ0) is 18.6. The fraction of sp³-hybridized carbons (Fsp3) is 0.438. The van der Waals surface area contributed by atoms with Crippen LogP contribution >= 0.6 is 23.2 Å². The molecule has 25 heavy (non-hydrogen) atoms. The van der Waals surface area contributed by atoms with E-state index in [1.54, 1.807) is 18.2 Å². The zero-order valence-corrected chi connectivity index (χ0v) is 14.8. The second kappa shape index (κ2) is 8.95. The number of hydrogen-bond acceptors (Lipinski definition) is 6. The number of nitrogens with one attached hydrogen (secondary N) is 1. The summed E-state index contributed by atoms with van der Waals surface area (Å²) in [6.07, 6.45) is -1.98. The standard InChI is InChI=1S/C16H19Cl2NO6/c1-24-16-13(15(23)14(22)11(7-20)25-16)19-12(21)5-3-8-2-4-9(17)10(18)6-8/h2-6,11,13-16,20,22-23H,7H2,1H3,(H,19,21)/b5-3+/t11-,13-,14-,15-,16?/m1/s1. The van der Waals surface area contributed by atoms with Crippen LogP contribution in [0.3, 0.4) is 0 Å². The van der Waals surface area contributed by atoms with E-state index in [1.807, 2.05) is 0 Å². The minimum Gasteiger partial charge on any atom is -0.394 e. The molecule has 1 aliphatic rings. The van der Waals surface area contributed by atoms with E-state index in [4.69, 9.17) is 37.8 Å². The molecule has 0 saturated carbocycles. The van der Waals surface area contributed by atoms with Crippen LogP contribution in [0.1, 0.15) is 5.56 Å². The van der Waals surface area contributed by atoms with Crippen molar-refractivity contribution in [1.29, 1.82) is 0 Å². The summed E-state index contributed by atoms with van der Waals surface area (Å²) >= 11 is 11.7. The molecule has 1 aliphatic heterocycles. The third-order valence-electron chi connectivity index (χ3n) is 3.79. The molecule has 5 atom stereocenters. The lowest BCUT2D eigenvalue weighted by atomic mass is 9.97. The molecular formula is C16H19Cl2NO6. The molecule has 2 rings (SSSR count). The highest BCUT2D eigenvalue weighted by Crippen LogP contribution is 2.23. The molecule has 1 aromatic rings. The maximum absolute atomic E-state index is 12.1. The number of aliphatic hydroxyl groups excluding tert-OH is 3. The number of benzene rings is 1. The number of hydrogen-bond donors (Lipinski definition) is 4. The Bertz CT molecular complexity index is 639. The summed E-state index contributed by atoms with van der Waals surface area (Å²) in [7, 11) is 1.33. The van der Waals surface area contributed by atoms with Crippen molar-refractivity contribution in [2.45, 2.75) is 30.6 Å². The molecule has 4 N–H and O–H groups in total. The number of carbonyl (C=O) groups is 1. The summed E-state index contributed by atoms with van der Waals surface area (Å²) in [5, 5.41) is 32.5. The summed E-state index contributed by atoms with van der Waals surface area (Å²) in [4.78, 5) is 12.1. The summed E-state index contributed by atoms with van der Waals surface area (Å²) in [6, 6.07) is 3.88. The Morgan fingerprint density at radius 3 is 2.64 bits per heavy atom. The van der Waals surface area contributed by atoms with Crippen LogP contribution in [0, 0.1) is 0 Å². The molecular weight excluding hydrogens is 373 g/mol. The van der Waals surface area contributed by atoms with Crippen LogP contribution in [0.25, 0.3) is 6.08 Å². The number of aliphatic hydroxyl groups is 3. The maximum Gasteiger partial charge on any atom is 0.244 e. The Hall–Kier alpha value is -1.19. The summed E-state index contributed by atoms with van der Waals surface area (Å²) in [5.41, 5.74) is 0.661. The topological polar surface area (TPSA) is 108 Å². The van der Waals surface area contributed by atoms with E-state index in [2.05, 4.69) is 5.32 Å². The Morgan fingerprint density at radius 2 is 2.04 bits per heavy atom. The second-order valence-corrected chi connectivity index (χ2v) is 6.30. The lowest BCUT2D eigenvalue weighted by molar-refractivity contribution is -0.262. The number of carbonyl (C=O) groups excluding carboxylic acids is 1. The van der Waals surface area contributed by atoms with Crippen LogP contribution in [0.2, 0.25) is 10.0 Å². The largest absolute Gasteiger partial charge is 0.394 e. The second-order valence-electron chi connectivity index (χ2n) is 5.48. The molecule has 1 unspecified atom stereocenters. The van der Waals surface area contributed by atoms with Crippen molar-refractivity contribution in [1.82, 2.24) is 5.32 Å². The molecule has 1 amide bonds. The molecule has 0 bridgehead atoms. The Morgan fingerprint density at radius 1 is 1.32 bits per heavy atom. The first kappa shape index (κ1) is 20.1. The Kier molecular flexibility index (Phi) is 7.21. The van der Waals surface area contributed by atoms with Crippen molar-refractivity contribution in [3.8, 4) is 0 Å². The molecule has 1 saturated heterocycles. The molecule has 9 heteroatoms. The predicted molar refractivity (Wildman–Crippen MR) is 92.2 cm³/mol. The number of rotatable bonds is 5. The quantitative estimate of drug-likeness (QED) is 0.546. The van der Waals surface area contributed by atoms with Gasteiger partial charge in [-0.2, -0.15) is 0 Å². The van der Waals surface area contributed by atoms with Gasteiger partial charge >= 0.3 is 0 Å². The minimum absolute atomic E-state index is 0.359. The summed E-state index contributed by atoms with van der Waals surface area (Å²) in [6.45, 7) is -0.490. The molecule has 138 valence electrons. The number of halogens is 2. The average molecular weight is 392 g/mol. The first-order chi connectivity index (χ1) is 11.9. The van der Waals surface area contributed by atoms with Crippen molar-refractivity contribution in [3.63, 3.8) is 0 Å². The van der Waals surface area contributed by atoms with Crippen LogP contribution in [0.4, 0.5) is 0 Å². The van der Waals surface area contributed by atoms with Gasteiger partial charge in [0.15, 0.2) is 6.29 Å². The van der Waals surface area contributed by atoms with E-state index >= 15 is 0 Å². The van der Waals surface area contributed by atoms with Gasteiger partial charge in [0, 0.05) is 13.2 Å². The van der Waals surface area contributed by atoms with E-state index in [0.29, 0.717) is 15.6 Å². The van der Waals surface area contributed by atoms with Crippen LogP contribution in [0.5, 0.6) is 0 Å². The molecule has 0 radical (unpaired) electrons. The number of amides is 1. The van der Waals surface area contributed by atoms with Crippen molar-refractivity contribution in [3.05, 3.63) is 39.9 Å². The maximum atomic E-state index is 12.1. The van der Waals surface area contributed by atoms with Crippen LogP contribution in [-0.4, -0.2) is 65.6 Å². The molecule has 0 aromatic heterocycles. The minimum atomic E-state index is -1.36. The van der Waals surface area contributed by atoms with E-state index in [1.165, 1.54) is 19.3 Å². The highest BCUT2D eigenvalue weighted by Gasteiger charge is 2.44. The third-order valence-corrected chi connectivity index (χ3v) is 4.53. The van der Waals surface area contributed by atoms with Crippen LogP contribution < -0.4 is 5.32 Å². The molecule has 1 heterocycles. The average Bonchev–Trinajstić information content (AvgIpc) is 2.60. The fourth-order valence-corrected chi connectivity index (χ4v) is 2.74. The normalized spacial score (nSPS) is 29.8. The van der Waals surface area contributed by atoms with E-state index in [-0.39, 0.29) is 0 Å².